The molecule has 1 aromatic rings. The average Bonchev–Trinajstić information content (AvgIpc) is 1.82. The molecule has 0 aliphatic heterocycles. The van der Waals surface area contributed by atoms with Crippen molar-refractivity contribution in [1.29, 1.82) is 0 Å². The molecule has 0 saturated heterocycles. The Morgan fingerprint density at radius 1 is 1.33 bits per heavy atom. The summed E-state index contributed by atoms with van der Waals surface area (Å²) >= 11 is 7.39. The molecule has 0 aromatic carbocycles. The van der Waals surface area contributed by atoms with E-state index < -0.39 is 0 Å². The van der Waals surface area contributed by atoms with Gasteiger partial charge in [0.25, 0.3) is 0 Å². The summed E-state index contributed by atoms with van der Waals surface area (Å²) in [5, 5.41) is 1.42. The Balaban J connectivity index is 2.77. The quantitative estimate of drug-likeness (QED) is 0.517. The molecule has 0 amide bonds. The first kappa shape index (κ1) is 9.81. The van der Waals surface area contributed by atoms with Gasteiger partial charge in [0, 0.05) is 10.8 Å². The van der Waals surface area contributed by atoms with Crippen LogP contribution in [0.15, 0.2) is 17.4 Å². The van der Waals surface area contributed by atoms with Crippen molar-refractivity contribution in [3.63, 3.8) is 0 Å². The van der Waals surface area contributed by atoms with E-state index in [0.717, 1.165) is 5.03 Å². The van der Waals surface area contributed by atoms with Crippen molar-refractivity contribution in [3.8, 4) is 0 Å². The smallest absolute Gasteiger partial charge is 0.133 e. The Hall–Kier alpha value is -0.280. The summed E-state index contributed by atoms with van der Waals surface area (Å²) in [7, 11) is 0. The largest absolute Gasteiger partial charge is 0.230 e. The minimum absolute atomic E-state index is 0.164. The van der Waals surface area contributed by atoms with Crippen LogP contribution in [0.2, 0.25) is 5.15 Å². The first-order chi connectivity index (χ1) is 5.47. The van der Waals surface area contributed by atoms with E-state index in [2.05, 4.69) is 30.7 Å². The lowest BCUT2D eigenvalue weighted by molar-refractivity contribution is 0.798. The highest BCUT2D eigenvalue weighted by Gasteiger charge is 2.12. The third-order valence-electron chi connectivity index (χ3n) is 1.02. The van der Waals surface area contributed by atoms with Crippen molar-refractivity contribution in [2.24, 2.45) is 0 Å². The molecule has 12 heavy (non-hydrogen) atoms. The molecular formula is C8H11ClN2S. The standard InChI is InChI=1S/C8H11ClN2S/c1-8(2,3)12-7-4-6(9)10-5-11-7/h4-5H,1-3H3. The maximum absolute atomic E-state index is 5.71. The highest BCUT2D eigenvalue weighted by molar-refractivity contribution is 8.00. The van der Waals surface area contributed by atoms with Crippen LogP contribution in [-0.2, 0) is 0 Å². The molecule has 0 unspecified atom stereocenters. The Morgan fingerprint density at radius 3 is 2.50 bits per heavy atom. The minimum atomic E-state index is 0.164. The van der Waals surface area contributed by atoms with Gasteiger partial charge in [0.2, 0.25) is 0 Å². The lowest BCUT2D eigenvalue weighted by atomic mass is 10.3. The summed E-state index contributed by atoms with van der Waals surface area (Å²) in [6.45, 7) is 6.40. The number of thioether (sulfide) groups is 1. The number of rotatable bonds is 1. The third kappa shape index (κ3) is 3.41. The molecule has 0 spiro atoms. The molecule has 0 aliphatic rings. The van der Waals surface area contributed by atoms with Crippen LogP contribution in [0.3, 0.4) is 0 Å². The number of halogens is 1. The van der Waals surface area contributed by atoms with Crippen LogP contribution in [-0.4, -0.2) is 14.7 Å². The van der Waals surface area contributed by atoms with E-state index in [4.69, 9.17) is 11.6 Å². The van der Waals surface area contributed by atoms with E-state index in [1.165, 1.54) is 6.33 Å². The zero-order chi connectivity index (χ0) is 9.19. The lowest BCUT2D eigenvalue weighted by Gasteiger charge is -2.16. The zero-order valence-electron chi connectivity index (χ0n) is 7.34. The van der Waals surface area contributed by atoms with Crippen LogP contribution >= 0.6 is 23.4 Å². The van der Waals surface area contributed by atoms with Crippen LogP contribution < -0.4 is 0 Å². The Bertz CT molecular complexity index is 270. The lowest BCUT2D eigenvalue weighted by Crippen LogP contribution is -2.07. The van der Waals surface area contributed by atoms with Crippen LogP contribution in [0, 0.1) is 0 Å². The van der Waals surface area contributed by atoms with E-state index in [1.807, 2.05) is 0 Å². The molecule has 0 atom stereocenters. The fourth-order valence-electron chi connectivity index (χ4n) is 0.687. The van der Waals surface area contributed by atoms with Crippen LogP contribution in [0.1, 0.15) is 20.8 Å². The van der Waals surface area contributed by atoms with E-state index in [0.29, 0.717) is 5.15 Å². The molecule has 0 N–H and O–H groups in total. The first-order valence-corrected chi connectivity index (χ1v) is 4.83. The van der Waals surface area contributed by atoms with E-state index in [1.54, 1.807) is 17.8 Å². The van der Waals surface area contributed by atoms with Gasteiger partial charge in [-0.3, -0.25) is 0 Å². The van der Waals surface area contributed by atoms with Gasteiger partial charge in [0.15, 0.2) is 0 Å². The molecule has 0 bridgehead atoms. The third-order valence-corrected chi connectivity index (χ3v) is 2.27. The summed E-state index contributed by atoms with van der Waals surface area (Å²) in [5.74, 6) is 0. The number of nitrogens with zero attached hydrogens (tertiary/aromatic N) is 2. The fraction of sp³-hybridized carbons (Fsp3) is 0.500. The van der Waals surface area contributed by atoms with Crippen molar-refractivity contribution < 1.29 is 0 Å². The molecule has 66 valence electrons. The Labute approximate surface area is 81.8 Å². The molecule has 4 heteroatoms. The summed E-state index contributed by atoms with van der Waals surface area (Å²) < 4.78 is 0.164. The molecule has 0 radical (unpaired) electrons. The van der Waals surface area contributed by atoms with Gasteiger partial charge >= 0.3 is 0 Å². The predicted molar refractivity (Wildman–Crippen MR) is 52.7 cm³/mol. The molecule has 1 heterocycles. The van der Waals surface area contributed by atoms with Gasteiger partial charge in [0.05, 0.1) is 0 Å². The summed E-state index contributed by atoms with van der Waals surface area (Å²) in [4.78, 5) is 7.90. The van der Waals surface area contributed by atoms with Gasteiger partial charge in [-0.15, -0.1) is 11.8 Å². The highest BCUT2D eigenvalue weighted by atomic mass is 35.5. The zero-order valence-corrected chi connectivity index (χ0v) is 8.91. The van der Waals surface area contributed by atoms with Gasteiger partial charge < -0.3 is 0 Å². The maximum atomic E-state index is 5.71. The van der Waals surface area contributed by atoms with Crippen molar-refractivity contribution in [3.05, 3.63) is 17.5 Å². The molecule has 2 nitrogen and oxygen atoms in total. The SMILES string of the molecule is CC(C)(C)Sc1cc(Cl)ncn1. The molecule has 0 saturated carbocycles. The molecule has 0 fully saturated rings. The second-order valence-corrected chi connectivity index (χ2v) is 5.63. The fourth-order valence-corrected chi connectivity index (χ4v) is 1.80. The molecular weight excluding hydrogens is 192 g/mol. The molecule has 1 aromatic heterocycles. The monoisotopic (exact) mass is 202 g/mol. The number of aromatic nitrogens is 2. The normalized spacial score (nSPS) is 11.7. The van der Waals surface area contributed by atoms with E-state index >= 15 is 0 Å². The van der Waals surface area contributed by atoms with Crippen LogP contribution in [0.4, 0.5) is 0 Å². The predicted octanol–water partition coefficient (Wildman–Crippen LogP) is 3.02. The van der Waals surface area contributed by atoms with Gasteiger partial charge in [0.1, 0.15) is 16.5 Å². The van der Waals surface area contributed by atoms with Gasteiger partial charge in [-0.25, -0.2) is 9.97 Å². The second kappa shape index (κ2) is 3.62. The Morgan fingerprint density at radius 2 is 2.00 bits per heavy atom. The second-order valence-electron chi connectivity index (χ2n) is 3.39. The van der Waals surface area contributed by atoms with Gasteiger partial charge in [-0.2, -0.15) is 0 Å². The van der Waals surface area contributed by atoms with Crippen LogP contribution in [0.5, 0.6) is 0 Å². The van der Waals surface area contributed by atoms with Crippen molar-refractivity contribution in [2.45, 2.75) is 30.5 Å². The molecule has 1 rings (SSSR count). The minimum Gasteiger partial charge on any atom is -0.230 e. The summed E-state index contributed by atoms with van der Waals surface area (Å²) in [5.41, 5.74) is 0. The summed E-state index contributed by atoms with van der Waals surface area (Å²) in [6.07, 6.45) is 1.48. The number of hydrogen-bond acceptors (Lipinski definition) is 3. The van der Waals surface area contributed by atoms with Crippen molar-refractivity contribution in [2.75, 3.05) is 0 Å². The first-order valence-electron chi connectivity index (χ1n) is 3.64. The van der Waals surface area contributed by atoms with Crippen molar-refractivity contribution in [1.82, 2.24) is 9.97 Å². The Kier molecular flexibility index (Phi) is 2.96. The maximum Gasteiger partial charge on any atom is 0.133 e. The molecule has 0 aliphatic carbocycles. The summed E-state index contributed by atoms with van der Waals surface area (Å²) in [6, 6.07) is 1.78. The van der Waals surface area contributed by atoms with E-state index in [9.17, 15) is 0 Å². The number of hydrogen-bond donors (Lipinski definition) is 0. The van der Waals surface area contributed by atoms with Gasteiger partial charge in [-0.05, 0) is 0 Å². The van der Waals surface area contributed by atoms with E-state index in [-0.39, 0.29) is 4.75 Å². The topological polar surface area (TPSA) is 25.8 Å². The average molecular weight is 203 g/mol. The van der Waals surface area contributed by atoms with Crippen molar-refractivity contribution >= 4 is 23.4 Å². The van der Waals surface area contributed by atoms with Gasteiger partial charge in [-0.1, -0.05) is 32.4 Å². The van der Waals surface area contributed by atoms with Crippen LogP contribution in [0.25, 0.3) is 0 Å². The highest BCUT2D eigenvalue weighted by Crippen LogP contribution is 2.30.